The number of halogens is 1. The summed E-state index contributed by atoms with van der Waals surface area (Å²) in [7, 11) is 3.08. The third-order valence-electron chi connectivity index (χ3n) is 4.49. The minimum atomic E-state index is -0.383. The average molecular weight is 375 g/mol. The van der Waals surface area contributed by atoms with E-state index in [9.17, 15) is 9.18 Å². The van der Waals surface area contributed by atoms with E-state index in [0.29, 0.717) is 26.1 Å². The van der Waals surface area contributed by atoms with Gasteiger partial charge in [-0.25, -0.2) is 4.39 Å². The molecule has 2 N–H and O–H groups in total. The minimum Gasteiger partial charge on any atom is -0.496 e. The normalized spacial score (nSPS) is 11.7. The minimum absolute atomic E-state index is 0.0178. The van der Waals surface area contributed by atoms with Crippen LogP contribution in [0.15, 0.2) is 42.5 Å². The molecule has 27 heavy (non-hydrogen) atoms. The Labute approximate surface area is 160 Å². The second-order valence-electron chi connectivity index (χ2n) is 6.34. The number of hydrogen-bond acceptors (Lipinski definition) is 3. The van der Waals surface area contributed by atoms with Crippen LogP contribution in [0, 0.1) is 5.82 Å². The van der Waals surface area contributed by atoms with E-state index in [1.807, 2.05) is 37.3 Å². The zero-order valence-corrected chi connectivity index (χ0v) is 16.2. The van der Waals surface area contributed by atoms with E-state index in [2.05, 4.69) is 5.32 Å². The highest BCUT2D eigenvalue weighted by Crippen LogP contribution is 2.17. The summed E-state index contributed by atoms with van der Waals surface area (Å²) in [6.07, 6.45) is 0.709. The SMILES string of the molecule is CC[NH+](CC(=O)NCCc1ccccc1OC)Cc1ccc(OC)c(F)c1. The largest absolute Gasteiger partial charge is 0.496 e. The van der Waals surface area contributed by atoms with Crippen molar-refractivity contribution in [2.75, 3.05) is 33.9 Å². The second kappa shape index (κ2) is 10.5. The molecule has 0 fully saturated rings. The smallest absolute Gasteiger partial charge is 0.275 e. The van der Waals surface area contributed by atoms with Crippen LogP contribution in [0.1, 0.15) is 18.1 Å². The molecular weight excluding hydrogens is 347 g/mol. The molecule has 1 atom stereocenters. The molecule has 6 heteroatoms. The molecular formula is C21H28FN2O3+. The van der Waals surface area contributed by atoms with Gasteiger partial charge in [-0.2, -0.15) is 0 Å². The molecule has 1 unspecified atom stereocenters. The fourth-order valence-electron chi connectivity index (χ4n) is 2.96. The number of quaternary nitrogens is 1. The number of rotatable bonds is 10. The Morgan fingerprint density at radius 3 is 2.52 bits per heavy atom. The van der Waals surface area contributed by atoms with Crippen molar-refractivity contribution in [2.45, 2.75) is 19.9 Å². The molecule has 0 radical (unpaired) electrons. The summed E-state index contributed by atoms with van der Waals surface area (Å²) in [6, 6.07) is 12.7. The highest BCUT2D eigenvalue weighted by atomic mass is 19.1. The fourth-order valence-corrected chi connectivity index (χ4v) is 2.96. The molecule has 146 valence electrons. The van der Waals surface area contributed by atoms with Gasteiger partial charge in [-0.1, -0.05) is 18.2 Å². The predicted octanol–water partition coefficient (Wildman–Crippen LogP) is 1.61. The predicted molar refractivity (Wildman–Crippen MR) is 103 cm³/mol. The first-order valence-electron chi connectivity index (χ1n) is 9.12. The molecule has 0 bridgehead atoms. The first kappa shape index (κ1) is 20.7. The first-order chi connectivity index (χ1) is 13.1. The first-order valence-corrected chi connectivity index (χ1v) is 9.12. The number of nitrogens with one attached hydrogen (secondary N) is 2. The number of likely N-dealkylation sites (N-methyl/N-ethyl adjacent to an activating group) is 1. The summed E-state index contributed by atoms with van der Waals surface area (Å²) in [6.45, 7) is 4.26. The third-order valence-corrected chi connectivity index (χ3v) is 4.49. The lowest BCUT2D eigenvalue weighted by atomic mass is 10.1. The zero-order valence-electron chi connectivity index (χ0n) is 16.2. The number of methoxy groups -OCH3 is 2. The Bertz CT molecular complexity index is 752. The molecule has 2 rings (SSSR count). The number of carbonyl (C=O) groups excluding carboxylic acids is 1. The Hall–Kier alpha value is -2.60. The fraction of sp³-hybridized carbons (Fsp3) is 0.381. The van der Waals surface area contributed by atoms with Crippen molar-refractivity contribution in [3.05, 3.63) is 59.4 Å². The Morgan fingerprint density at radius 1 is 1.11 bits per heavy atom. The topological polar surface area (TPSA) is 52.0 Å². The van der Waals surface area contributed by atoms with Crippen molar-refractivity contribution in [3.63, 3.8) is 0 Å². The summed E-state index contributed by atoms with van der Waals surface area (Å²) in [4.78, 5) is 13.3. The van der Waals surface area contributed by atoms with Crippen LogP contribution in [-0.4, -0.2) is 39.8 Å². The summed E-state index contributed by atoms with van der Waals surface area (Å²) in [5.41, 5.74) is 1.90. The lowest BCUT2D eigenvalue weighted by Crippen LogP contribution is -3.11. The van der Waals surface area contributed by atoms with E-state index < -0.39 is 0 Å². The molecule has 1 amide bonds. The van der Waals surface area contributed by atoms with E-state index in [1.54, 1.807) is 13.2 Å². The Morgan fingerprint density at radius 2 is 1.85 bits per heavy atom. The van der Waals surface area contributed by atoms with Crippen LogP contribution in [0.25, 0.3) is 0 Å². The summed E-state index contributed by atoms with van der Waals surface area (Å²) in [5.74, 6) is 0.655. The highest BCUT2D eigenvalue weighted by molar-refractivity contribution is 5.76. The molecule has 0 saturated carbocycles. The van der Waals surface area contributed by atoms with Gasteiger partial charge in [0.25, 0.3) is 5.91 Å². The number of amides is 1. The molecule has 0 aliphatic carbocycles. The van der Waals surface area contributed by atoms with Crippen molar-refractivity contribution in [2.24, 2.45) is 0 Å². The van der Waals surface area contributed by atoms with Gasteiger partial charge in [0.05, 0.1) is 20.8 Å². The lowest BCUT2D eigenvalue weighted by Gasteiger charge is -2.18. The van der Waals surface area contributed by atoms with E-state index in [0.717, 1.165) is 28.3 Å². The summed E-state index contributed by atoms with van der Waals surface area (Å²) < 4.78 is 24.1. The second-order valence-corrected chi connectivity index (χ2v) is 6.34. The standard InChI is InChI=1S/C21H27FN2O3/c1-4-24(14-16-9-10-20(27-3)18(22)13-16)15-21(25)23-12-11-17-7-5-6-8-19(17)26-2/h5-10,13H,4,11-12,14-15H2,1-3H3,(H,23,25)/p+1. The molecule has 0 spiro atoms. The van der Waals surface area contributed by atoms with E-state index in [4.69, 9.17) is 9.47 Å². The number of benzene rings is 2. The maximum absolute atomic E-state index is 13.8. The van der Waals surface area contributed by atoms with Gasteiger partial charge in [-0.15, -0.1) is 0 Å². The van der Waals surface area contributed by atoms with Gasteiger partial charge in [-0.3, -0.25) is 4.79 Å². The summed E-state index contributed by atoms with van der Waals surface area (Å²) >= 11 is 0. The molecule has 0 aliphatic heterocycles. The third kappa shape index (κ3) is 6.25. The summed E-state index contributed by atoms with van der Waals surface area (Å²) in [5, 5.41) is 2.95. The van der Waals surface area contributed by atoms with Crippen LogP contribution in [0.4, 0.5) is 4.39 Å². The van der Waals surface area contributed by atoms with Crippen molar-refractivity contribution < 1.29 is 23.6 Å². The van der Waals surface area contributed by atoms with E-state index >= 15 is 0 Å². The van der Waals surface area contributed by atoms with Crippen LogP contribution < -0.4 is 19.7 Å². The van der Waals surface area contributed by atoms with Crippen molar-refractivity contribution in [3.8, 4) is 11.5 Å². The average Bonchev–Trinajstić information content (AvgIpc) is 2.68. The van der Waals surface area contributed by atoms with Gasteiger partial charge in [0.1, 0.15) is 12.3 Å². The van der Waals surface area contributed by atoms with E-state index in [-0.39, 0.29) is 17.5 Å². The molecule has 0 heterocycles. The molecule has 2 aromatic rings. The van der Waals surface area contributed by atoms with Crippen LogP contribution in [0.3, 0.4) is 0 Å². The zero-order chi connectivity index (χ0) is 19.6. The van der Waals surface area contributed by atoms with Gasteiger partial charge in [0, 0.05) is 12.1 Å². The molecule has 0 aromatic heterocycles. The molecule has 5 nitrogen and oxygen atoms in total. The molecule has 0 saturated heterocycles. The molecule has 2 aromatic carbocycles. The Balaban J connectivity index is 1.83. The monoisotopic (exact) mass is 375 g/mol. The van der Waals surface area contributed by atoms with Gasteiger partial charge < -0.3 is 19.7 Å². The van der Waals surface area contributed by atoms with Crippen LogP contribution in [0.5, 0.6) is 11.5 Å². The maximum Gasteiger partial charge on any atom is 0.275 e. The van der Waals surface area contributed by atoms with Gasteiger partial charge >= 0.3 is 0 Å². The van der Waals surface area contributed by atoms with Gasteiger partial charge in [-0.05, 0) is 43.2 Å². The number of para-hydroxylation sites is 1. The quantitative estimate of drug-likeness (QED) is 0.663. The molecule has 0 aliphatic rings. The van der Waals surface area contributed by atoms with Gasteiger partial charge in [0.15, 0.2) is 18.1 Å². The van der Waals surface area contributed by atoms with Gasteiger partial charge in [0.2, 0.25) is 0 Å². The van der Waals surface area contributed by atoms with Crippen LogP contribution in [-0.2, 0) is 17.8 Å². The highest BCUT2D eigenvalue weighted by Gasteiger charge is 2.14. The maximum atomic E-state index is 13.8. The van der Waals surface area contributed by atoms with E-state index in [1.165, 1.54) is 13.2 Å². The number of carbonyl (C=O) groups is 1. The number of ether oxygens (including phenoxy) is 2. The van der Waals surface area contributed by atoms with Crippen LogP contribution in [0.2, 0.25) is 0 Å². The van der Waals surface area contributed by atoms with Crippen molar-refractivity contribution in [1.29, 1.82) is 0 Å². The van der Waals surface area contributed by atoms with Crippen LogP contribution >= 0.6 is 0 Å². The number of hydrogen-bond donors (Lipinski definition) is 2. The van der Waals surface area contributed by atoms with Crippen molar-refractivity contribution in [1.82, 2.24) is 5.32 Å². The Kier molecular flexibility index (Phi) is 8.07. The lowest BCUT2D eigenvalue weighted by molar-refractivity contribution is -0.904. The van der Waals surface area contributed by atoms with Crippen molar-refractivity contribution >= 4 is 5.91 Å².